The normalized spacial score (nSPS) is 20.8. The number of carbonyl (C=O) groups is 1. The Bertz CT molecular complexity index is 185. The van der Waals surface area contributed by atoms with Crippen molar-refractivity contribution in [2.45, 2.75) is 17.8 Å². The van der Waals surface area contributed by atoms with Gasteiger partial charge < -0.3 is 4.90 Å². The van der Waals surface area contributed by atoms with Crippen molar-refractivity contribution in [2.24, 2.45) is 0 Å². The Hall–Kier alpha value is -0.490. The van der Waals surface area contributed by atoms with Gasteiger partial charge in [-0.1, -0.05) is 21.9 Å². The topological polar surface area (TPSA) is 20.3 Å². The third-order valence-electron chi connectivity index (χ3n) is 1.52. The number of rotatable bonds is 1. The van der Waals surface area contributed by atoms with Gasteiger partial charge in [0.1, 0.15) is 4.95 Å². The summed E-state index contributed by atoms with van der Waals surface area (Å²) < 4.78 is 0. The Morgan fingerprint density at radius 3 is 2.90 bits per heavy atom. The lowest BCUT2D eigenvalue weighted by Gasteiger charge is -2.16. The summed E-state index contributed by atoms with van der Waals surface area (Å²) in [5.74, 6) is 2.61. The molecule has 0 N–H and O–H groups in total. The van der Waals surface area contributed by atoms with Gasteiger partial charge in [0, 0.05) is 13.0 Å². The van der Waals surface area contributed by atoms with Crippen LogP contribution in [0.4, 0.5) is 0 Å². The van der Waals surface area contributed by atoms with Crippen LogP contribution in [0.2, 0.25) is 0 Å². The first-order valence-corrected chi connectivity index (χ1v) is 4.07. The van der Waals surface area contributed by atoms with E-state index < -0.39 is 0 Å². The highest BCUT2D eigenvalue weighted by molar-refractivity contribution is 9.09. The van der Waals surface area contributed by atoms with E-state index in [4.69, 9.17) is 6.42 Å². The molecule has 0 spiro atoms. The van der Waals surface area contributed by atoms with E-state index in [1.807, 2.05) is 0 Å². The van der Waals surface area contributed by atoms with Gasteiger partial charge in [0.05, 0.1) is 0 Å². The molecular formula is C7H8BrNO. The zero-order chi connectivity index (χ0) is 7.56. The molecular weight excluding hydrogens is 194 g/mol. The lowest BCUT2D eigenvalue weighted by atomic mass is 10.4. The molecule has 1 aliphatic rings. The second-order valence-corrected chi connectivity index (χ2v) is 3.06. The fourth-order valence-electron chi connectivity index (χ4n) is 0.999. The molecule has 54 valence electrons. The molecule has 0 saturated carbocycles. The van der Waals surface area contributed by atoms with Crippen molar-refractivity contribution < 1.29 is 4.79 Å². The summed E-state index contributed by atoms with van der Waals surface area (Å²) in [4.78, 5) is 12.4. The predicted octanol–water partition coefficient (Wildman–Crippen LogP) is 0.963. The third-order valence-corrected chi connectivity index (χ3v) is 2.28. The quantitative estimate of drug-likeness (QED) is 0.352. The van der Waals surface area contributed by atoms with Gasteiger partial charge in [-0.05, 0) is 6.42 Å². The highest BCUT2D eigenvalue weighted by Gasteiger charge is 2.24. The second-order valence-electron chi connectivity index (χ2n) is 2.19. The molecule has 0 aromatic heterocycles. The van der Waals surface area contributed by atoms with Crippen LogP contribution in [-0.2, 0) is 4.79 Å². The van der Waals surface area contributed by atoms with Crippen molar-refractivity contribution in [3.63, 3.8) is 0 Å². The maximum Gasteiger partial charge on any atom is 0.224 e. The Balaban J connectivity index is 2.57. The SMILES string of the molecule is C#CC(Br)N1CCCC1=O. The number of halogens is 1. The van der Waals surface area contributed by atoms with E-state index in [9.17, 15) is 4.79 Å². The molecule has 0 radical (unpaired) electrons. The maximum absolute atomic E-state index is 11.0. The Labute approximate surface area is 68.7 Å². The Morgan fingerprint density at radius 2 is 2.50 bits per heavy atom. The van der Waals surface area contributed by atoms with Crippen molar-refractivity contribution in [3.05, 3.63) is 0 Å². The zero-order valence-corrected chi connectivity index (χ0v) is 7.10. The number of likely N-dealkylation sites (tertiary alicyclic amines) is 1. The fourth-order valence-corrected chi connectivity index (χ4v) is 1.43. The van der Waals surface area contributed by atoms with Crippen LogP contribution in [-0.4, -0.2) is 22.3 Å². The molecule has 1 fully saturated rings. The van der Waals surface area contributed by atoms with Gasteiger partial charge in [-0.25, -0.2) is 0 Å². The smallest absolute Gasteiger partial charge is 0.224 e. The number of nitrogens with zero attached hydrogens (tertiary/aromatic N) is 1. The van der Waals surface area contributed by atoms with E-state index in [0.717, 1.165) is 13.0 Å². The standard InChI is InChI=1S/C7H8BrNO/c1-2-6(8)9-5-3-4-7(9)10/h1,6H,3-5H2. The van der Waals surface area contributed by atoms with E-state index in [1.165, 1.54) is 0 Å². The monoisotopic (exact) mass is 201 g/mol. The van der Waals surface area contributed by atoms with Crippen LogP contribution in [0.15, 0.2) is 0 Å². The first-order chi connectivity index (χ1) is 4.75. The molecule has 1 atom stereocenters. The fraction of sp³-hybridized carbons (Fsp3) is 0.571. The van der Waals surface area contributed by atoms with Gasteiger partial charge in [-0.15, -0.1) is 6.42 Å². The van der Waals surface area contributed by atoms with Gasteiger partial charge in [0.15, 0.2) is 0 Å². The van der Waals surface area contributed by atoms with Crippen molar-refractivity contribution >= 4 is 21.8 Å². The van der Waals surface area contributed by atoms with Crippen molar-refractivity contribution in [1.82, 2.24) is 4.90 Å². The van der Waals surface area contributed by atoms with Crippen LogP contribution < -0.4 is 0 Å². The highest BCUT2D eigenvalue weighted by atomic mass is 79.9. The molecule has 1 unspecified atom stereocenters. The molecule has 0 aromatic rings. The summed E-state index contributed by atoms with van der Waals surface area (Å²) in [5, 5.41) is 0. The van der Waals surface area contributed by atoms with Gasteiger partial charge in [-0.3, -0.25) is 4.79 Å². The van der Waals surface area contributed by atoms with Gasteiger partial charge >= 0.3 is 0 Å². The van der Waals surface area contributed by atoms with Gasteiger partial charge in [0.2, 0.25) is 5.91 Å². The lowest BCUT2D eigenvalue weighted by Crippen LogP contribution is -2.30. The molecule has 1 saturated heterocycles. The predicted molar refractivity (Wildman–Crippen MR) is 42.5 cm³/mol. The summed E-state index contributed by atoms with van der Waals surface area (Å²) in [5.41, 5.74) is 0. The third kappa shape index (κ3) is 1.32. The molecule has 1 amide bonds. The molecule has 0 aliphatic carbocycles. The summed E-state index contributed by atoms with van der Waals surface area (Å²) in [6.45, 7) is 0.791. The van der Waals surface area contributed by atoms with Crippen molar-refractivity contribution in [3.8, 4) is 12.3 Å². The number of hydrogen-bond acceptors (Lipinski definition) is 1. The first-order valence-electron chi connectivity index (χ1n) is 3.15. The average molecular weight is 202 g/mol. The Morgan fingerprint density at radius 1 is 1.80 bits per heavy atom. The molecule has 0 aromatic carbocycles. The number of carbonyl (C=O) groups excluding carboxylic acids is 1. The minimum Gasteiger partial charge on any atom is -0.319 e. The molecule has 0 bridgehead atoms. The summed E-state index contributed by atoms with van der Waals surface area (Å²) in [6, 6.07) is 0. The van der Waals surface area contributed by atoms with E-state index in [1.54, 1.807) is 4.90 Å². The lowest BCUT2D eigenvalue weighted by molar-refractivity contribution is -0.127. The van der Waals surface area contributed by atoms with E-state index in [0.29, 0.717) is 6.42 Å². The van der Waals surface area contributed by atoms with Crippen LogP contribution in [0.3, 0.4) is 0 Å². The number of alkyl halides is 1. The van der Waals surface area contributed by atoms with Crippen LogP contribution in [0, 0.1) is 12.3 Å². The van der Waals surface area contributed by atoms with E-state index >= 15 is 0 Å². The largest absolute Gasteiger partial charge is 0.319 e. The van der Waals surface area contributed by atoms with Crippen molar-refractivity contribution in [2.75, 3.05) is 6.54 Å². The van der Waals surface area contributed by atoms with E-state index in [-0.39, 0.29) is 10.9 Å². The minimum absolute atomic E-state index is 0.153. The number of amides is 1. The zero-order valence-electron chi connectivity index (χ0n) is 5.51. The maximum atomic E-state index is 11.0. The van der Waals surface area contributed by atoms with Crippen LogP contribution in [0.25, 0.3) is 0 Å². The molecule has 2 nitrogen and oxygen atoms in total. The first kappa shape index (κ1) is 7.62. The molecule has 10 heavy (non-hydrogen) atoms. The summed E-state index contributed by atoms with van der Waals surface area (Å²) in [6.07, 6.45) is 6.70. The van der Waals surface area contributed by atoms with Crippen LogP contribution in [0.1, 0.15) is 12.8 Å². The minimum atomic E-state index is -0.206. The van der Waals surface area contributed by atoms with Crippen LogP contribution in [0.5, 0.6) is 0 Å². The Kier molecular flexibility index (Phi) is 2.34. The number of terminal acetylenes is 1. The average Bonchev–Trinajstić information content (AvgIpc) is 2.34. The van der Waals surface area contributed by atoms with Gasteiger partial charge in [-0.2, -0.15) is 0 Å². The molecule has 1 aliphatic heterocycles. The molecule has 3 heteroatoms. The van der Waals surface area contributed by atoms with E-state index in [2.05, 4.69) is 21.9 Å². The molecule has 1 heterocycles. The number of hydrogen-bond donors (Lipinski definition) is 0. The highest BCUT2D eigenvalue weighted by Crippen LogP contribution is 2.16. The van der Waals surface area contributed by atoms with Gasteiger partial charge in [0.25, 0.3) is 0 Å². The molecule has 1 rings (SSSR count). The summed E-state index contributed by atoms with van der Waals surface area (Å²) in [7, 11) is 0. The second kappa shape index (κ2) is 3.07. The van der Waals surface area contributed by atoms with Crippen molar-refractivity contribution in [1.29, 1.82) is 0 Å². The van der Waals surface area contributed by atoms with Crippen LogP contribution >= 0.6 is 15.9 Å². The summed E-state index contributed by atoms with van der Waals surface area (Å²) >= 11 is 3.21.